The van der Waals surface area contributed by atoms with E-state index in [1.165, 1.54) is 0 Å². The molecule has 3 amide bonds. The largest absolute Gasteiger partial charge is 0.489 e. The van der Waals surface area contributed by atoms with Gasteiger partial charge in [0.15, 0.2) is 0 Å². The summed E-state index contributed by atoms with van der Waals surface area (Å²) in [6.45, 7) is 6.52. The van der Waals surface area contributed by atoms with Crippen LogP contribution in [0.4, 0.5) is 0 Å². The lowest BCUT2D eigenvalue weighted by atomic mass is 9.85. The SMILES string of the molecule is CC(C)(C)c1cc(C(=O)NCC(=O)N[C@H]2CC[C@@H]3C[C@@H]2C(=O)N3)ccc1OCc1ccccc1. The molecule has 2 aliphatic rings. The van der Waals surface area contributed by atoms with Gasteiger partial charge >= 0.3 is 0 Å². The number of hydrogen-bond donors (Lipinski definition) is 3. The molecule has 0 spiro atoms. The van der Waals surface area contributed by atoms with Crippen molar-refractivity contribution in [1.82, 2.24) is 16.0 Å². The minimum atomic E-state index is -0.322. The van der Waals surface area contributed by atoms with Crippen LogP contribution in [0.5, 0.6) is 5.75 Å². The van der Waals surface area contributed by atoms with E-state index in [1.807, 2.05) is 42.5 Å². The van der Waals surface area contributed by atoms with E-state index in [2.05, 4.69) is 36.7 Å². The Morgan fingerprint density at radius 1 is 1.09 bits per heavy atom. The highest BCUT2D eigenvalue weighted by Gasteiger charge is 2.42. The van der Waals surface area contributed by atoms with Crippen LogP contribution in [0, 0.1) is 5.92 Å². The molecule has 0 unspecified atom stereocenters. The highest BCUT2D eigenvalue weighted by Crippen LogP contribution is 2.33. The summed E-state index contributed by atoms with van der Waals surface area (Å²) in [4.78, 5) is 37.3. The fourth-order valence-corrected chi connectivity index (χ4v) is 4.71. The van der Waals surface area contributed by atoms with Crippen LogP contribution in [-0.2, 0) is 21.6 Å². The molecule has 1 aliphatic carbocycles. The highest BCUT2D eigenvalue weighted by molar-refractivity contribution is 5.97. The van der Waals surface area contributed by atoms with Gasteiger partial charge in [0.2, 0.25) is 11.8 Å². The monoisotopic (exact) mass is 463 g/mol. The number of ether oxygens (including phenoxy) is 1. The van der Waals surface area contributed by atoms with Gasteiger partial charge in [0.05, 0.1) is 12.5 Å². The van der Waals surface area contributed by atoms with Crippen LogP contribution in [0.3, 0.4) is 0 Å². The van der Waals surface area contributed by atoms with Gasteiger partial charge < -0.3 is 20.7 Å². The van der Waals surface area contributed by atoms with Crippen molar-refractivity contribution >= 4 is 17.7 Å². The van der Waals surface area contributed by atoms with Gasteiger partial charge in [-0.25, -0.2) is 0 Å². The maximum Gasteiger partial charge on any atom is 0.251 e. The van der Waals surface area contributed by atoms with Crippen LogP contribution in [0.1, 0.15) is 61.5 Å². The molecule has 3 N–H and O–H groups in total. The molecule has 180 valence electrons. The number of carbonyl (C=O) groups is 3. The van der Waals surface area contributed by atoms with Gasteiger partial charge in [-0.3, -0.25) is 14.4 Å². The van der Waals surface area contributed by atoms with E-state index in [0.29, 0.717) is 12.2 Å². The zero-order valence-corrected chi connectivity index (χ0v) is 20.0. The number of hydrogen-bond acceptors (Lipinski definition) is 4. The summed E-state index contributed by atoms with van der Waals surface area (Å²) in [5.41, 5.74) is 2.23. The molecule has 7 nitrogen and oxygen atoms in total. The molecule has 2 aromatic rings. The summed E-state index contributed by atoms with van der Waals surface area (Å²) in [6, 6.07) is 15.4. The Balaban J connectivity index is 1.36. The first-order chi connectivity index (χ1) is 16.2. The molecular formula is C27H33N3O4. The smallest absolute Gasteiger partial charge is 0.251 e. The van der Waals surface area contributed by atoms with Crippen LogP contribution in [0.15, 0.2) is 48.5 Å². The third-order valence-electron chi connectivity index (χ3n) is 6.58. The second-order valence-electron chi connectivity index (χ2n) is 10.2. The molecule has 1 saturated carbocycles. The fraction of sp³-hybridized carbons (Fsp3) is 0.444. The first-order valence-corrected chi connectivity index (χ1v) is 11.9. The van der Waals surface area contributed by atoms with Crippen molar-refractivity contribution in [3.8, 4) is 5.75 Å². The molecule has 7 heteroatoms. The van der Waals surface area contributed by atoms with Crippen molar-refractivity contribution in [1.29, 1.82) is 0 Å². The lowest BCUT2D eigenvalue weighted by Crippen LogP contribution is -2.47. The van der Waals surface area contributed by atoms with Gasteiger partial charge in [0.1, 0.15) is 12.4 Å². The summed E-state index contributed by atoms with van der Waals surface area (Å²) in [5.74, 6) is -0.0266. The molecule has 1 aliphatic heterocycles. The van der Waals surface area contributed by atoms with E-state index >= 15 is 0 Å². The van der Waals surface area contributed by atoms with Gasteiger partial charge in [0, 0.05) is 23.2 Å². The minimum absolute atomic E-state index is 0.0149. The molecule has 1 heterocycles. The van der Waals surface area contributed by atoms with Crippen molar-refractivity contribution in [2.24, 2.45) is 5.92 Å². The Morgan fingerprint density at radius 2 is 1.85 bits per heavy atom. The van der Waals surface area contributed by atoms with Gasteiger partial charge in [-0.2, -0.15) is 0 Å². The number of nitrogens with one attached hydrogen (secondary N) is 3. The number of fused-ring (bicyclic) bond motifs is 2. The number of carbonyl (C=O) groups excluding carboxylic acids is 3. The summed E-state index contributed by atoms with van der Waals surface area (Å²) in [5, 5.41) is 8.59. The Morgan fingerprint density at radius 3 is 2.59 bits per heavy atom. The van der Waals surface area contributed by atoms with Gasteiger partial charge in [-0.1, -0.05) is 51.1 Å². The zero-order chi connectivity index (χ0) is 24.3. The molecule has 1 saturated heterocycles. The standard InChI is InChI=1S/C27H33N3O4/c1-27(2,3)21-13-18(9-12-23(21)34-16-17-7-5-4-6-8-17)25(32)28-15-24(31)30-22-11-10-19-14-20(22)26(33)29-19/h4-9,12-13,19-20,22H,10-11,14-16H2,1-3H3,(H,28,32)(H,29,33)(H,30,31)/t19-,20+,22+/m1/s1. The van der Waals surface area contributed by atoms with Crippen molar-refractivity contribution in [3.63, 3.8) is 0 Å². The van der Waals surface area contributed by atoms with E-state index in [9.17, 15) is 14.4 Å². The first-order valence-electron chi connectivity index (χ1n) is 11.9. The Hall–Kier alpha value is -3.35. The third-order valence-corrected chi connectivity index (χ3v) is 6.58. The molecule has 0 aromatic heterocycles. The third kappa shape index (κ3) is 5.58. The maximum atomic E-state index is 12.8. The normalized spacial score (nSPS) is 21.5. The predicted octanol–water partition coefficient (Wildman–Crippen LogP) is 3.08. The van der Waals surface area contributed by atoms with E-state index in [4.69, 9.17) is 4.74 Å². The Bertz CT molecular complexity index is 1060. The number of rotatable bonds is 7. The van der Waals surface area contributed by atoms with Crippen LogP contribution >= 0.6 is 0 Å². The summed E-state index contributed by atoms with van der Waals surface area (Å²) in [6.07, 6.45) is 2.41. The molecule has 2 bridgehead atoms. The van der Waals surface area contributed by atoms with Crippen LogP contribution < -0.4 is 20.7 Å². The molecule has 2 fully saturated rings. The average molecular weight is 464 g/mol. The summed E-state index contributed by atoms with van der Waals surface area (Å²) >= 11 is 0. The van der Waals surface area contributed by atoms with Crippen molar-refractivity contribution < 1.29 is 19.1 Å². The Kier molecular flexibility index (Phi) is 6.91. The van der Waals surface area contributed by atoms with Crippen molar-refractivity contribution in [3.05, 3.63) is 65.2 Å². The van der Waals surface area contributed by atoms with E-state index < -0.39 is 0 Å². The molecule has 0 radical (unpaired) electrons. The van der Waals surface area contributed by atoms with E-state index in [-0.39, 0.29) is 47.7 Å². The lowest BCUT2D eigenvalue weighted by molar-refractivity contribution is -0.124. The van der Waals surface area contributed by atoms with Gasteiger partial charge in [-0.05, 0) is 48.4 Å². The van der Waals surface area contributed by atoms with E-state index in [1.54, 1.807) is 6.07 Å². The predicted molar refractivity (Wildman–Crippen MR) is 129 cm³/mol. The van der Waals surface area contributed by atoms with Crippen LogP contribution in [-0.4, -0.2) is 36.3 Å². The molecule has 4 rings (SSSR count). The lowest BCUT2D eigenvalue weighted by Gasteiger charge is -2.27. The molecule has 34 heavy (non-hydrogen) atoms. The quantitative estimate of drug-likeness (QED) is 0.588. The van der Waals surface area contributed by atoms with Crippen molar-refractivity contribution in [2.45, 2.75) is 64.1 Å². The fourth-order valence-electron chi connectivity index (χ4n) is 4.71. The number of benzene rings is 2. The Labute approximate surface area is 200 Å². The highest BCUT2D eigenvalue weighted by atomic mass is 16.5. The van der Waals surface area contributed by atoms with Gasteiger partial charge in [-0.15, -0.1) is 0 Å². The first kappa shape index (κ1) is 23.8. The zero-order valence-electron chi connectivity index (χ0n) is 20.0. The molecular weight excluding hydrogens is 430 g/mol. The number of amides is 3. The molecule has 3 atom stereocenters. The minimum Gasteiger partial charge on any atom is -0.489 e. The topological polar surface area (TPSA) is 96.5 Å². The maximum absolute atomic E-state index is 12.8. The summed E-state index contributed by atoms with van der Waals surface area (Å²) in [7, 11) is 0. The van der Waals surface area contributed by atoms with E-state index in [0.717, 1.165) is 36.1 Å². The van der Waals surface area contributed by atoms with Crippen LogP contribution in [0.2, 0.25) is 0 Å². The molecule has 2 aromatic carbocycles. The average Bonchev–Trinajstić information content (AvgIpc) is 3.12. The van der Waals surface area contributed by atoms with Gasteiger partial charge in [0.25, 0.3) is 5.91 Å². The second kappa shape index (κ2) is 9.87. The van der Waals surface area contributed by atoms with Crippen LogP contribution in [0.25, 0.3) is 0 Å². The van der Waals surface area contributed by atoms with Crippen molar-refractivity contribution in [2.75, 3.05) is 6.54 Å². The second-order valence-corrected chi connectivity index (χ2v) is 10.2. The summed E-state index contributed by atoms with van der Waals surface area (Å²) < 4.78 is 6.07.